The van der Waals surface area contributed by atoms with E-state index >= 15 is 0 Å². The number of carbonyl (C=O) groups excluding carboxylic acids is 1. The first-order chi connectivity index (χ1) is 14.7. The molecule has 0 amide bonds. The van der Waals surface area contributed by atoms with Crippen molar-refractivity contribution in [1.29, 1.82) is 0 Å². The zero-order chi connectivity index (χ0) is 20.9. The third kappa shape index (κ3) is 4.71. The van der Waals surface area contributed by atoms with Gasteiger partial charge in [-0.3, -0.25) is 4.79 Å². The van der Waals surface area contributed by atoms with Gasteiger partial charge in [0.25, 0.3) is 0 Å². The lowest BCUT2D eigenvalue weighted by molar-refractivity contribution is -0.364. The van der Waals surface area contributed by atoms with Crippen molar-refractivity contribution in [3.8, 4) is 0 Å². The van der Waals surface area contributed by atoms with E-state index in [0.29, 0.717) is 13.2 Å². The molecule has 2 aliphatic heterocycles. The summed E-state index contributed by atoms with van der Waals surface area (Å²) in [6, 6.07) is 19.5. The molecule has 30 heavy (non-hydrogen) atoms. The average Bonchev–Trinajstić information content (AvgIpc) is 2.78. The van der Waals surface area contributed by atoms with Gasteiger partial charge in [-0.1, -0.05) is 60.7 Å². The average molecular weight is 414 g/mol. The van der Waals surface area contributed by atoms with Crippen LogP contribution in [-0.4, -0.2) is 50.4 Å². The largest absolute Gasteiger partial charge is 0.454 e. The highest BCUT2D eigenvalue weighted by Gasteiger charge is 2.52. The molecule has 2 aliphatic rings. The van der Waals surface area contributed by atoms with Crippen LogP contribution < -0.4 is 0 Å². The van der Waals surface area contributed by atoms with E-state index in [4.69, 9.17) is 28.4 Å². The van der Waals surface area contributed by atoms with Crippen molar-refractivity contribution < 1.29 is 33.2 Å². The second-order valence-corrected chi connectivity index (χ2v) is 7.29. The third-order valence-corrected chi connectivity index (χ3v) is 5.18. The summed E-state index contributed by atoms with van der Waals surface area (Å²) in [7, 11) is 1.51. The van der Waals surface area contributed by atoms with Crippen LogP contribution in [0.1, 0.15) is 24.3 Å². The second kappa shape index (κ2) is 9.68. The molecular formula is C23H26O7. The Kier molecular flexibility index (Phi) is 6.76. The molecular weight excluding hydrogens is 388 g/mol. The van der Waals surface area contributed by atoms with Gasteiger partial charge in [0.2, 0.25) is 0 Å². The highest BCUT2D eigenvalue weighted by atomic mass is 16.8. The van der Waals surface area contributed by atoms with Crippen LogP contribution in [-0.2, 0) is 39.8 Å². The maximum absolute atomic E-state index is 11.8. The van der Waals surface area contributed by atoms with Crippen molar-refractivity contribution in [2.24, 2.45) is 0 Å². The van der Waals surface area contributed by atoms with E-state index in [-0.39, 0.29) is 0 Å². The van der Waals surface area contributed by atoms with Gasteiger partial charge in [-0.2, -0.15) is 0 Å². The summed E-state index contributed by atoms with van der Waals surface area (Å²) >= 11 is 0. The summed E-state index contributed by atoms with van der Waals surface area (Å²) in [6.07, 6.45) is -3.61. The molecule has 7 nitrogen and oxygen atoms in total. The Morgan fingerprint density at radius 1 is 1.00 bits per heavy atom. The molecule has 0 saturated carbocycles. The molecule has 0 radical (unpaired) electrons. The number of benzene rings is 2. The van der Waals surface area contributed by atoms with Crippen molar-refractivity contribution >= 4 is 5.97 Å². The SMILES string of the molecule is COC1OC2COC(c3ccccc3)OC2[C@H](OCc2ccccc2)[C@H]1OC(C)=O. The van der Waals surface area contributed by atoms with Crippen molar-refractivity contribution in [1.82, 2.24) is 0 Å². The molecule has 2 heterocycles. The molecule has 7 heteroatoms. The molecule has 2 aromatic rings. The van der Waals surface area contributed by atoms with E-state index in [9.17, 15) is 4.79 Å². The Balaban J connectivity index is 1.58. The maximum Gasteiger partial charge on any atom is 0.303 e. The van der Waals surface area contributed by atoms with Gasteiger partial charge in [-0.15, -0.1) is 0 Å². The molecule has 6 atom stereocenters. The molecule has 0 aromatic heterocycles. The van der Waals surface area contributed by atoms with Gasteiger partial charge in [-0.05, 0) is 5.56 Å². The molecule has 2 saturated heterocycles. The van der Waals surface area contributed by atoms with Crippen LogP contribution >= 0.6 is 0 Å². The molecule has 0 bridgehead atoms. The van der Waals surface area contributed by atoms with Crippen molar-refractivity contribution in [2.45, 2.75) is 50.5 Å². The topological polar surface area (TPSA) is 72.5 Å². The summed E-state index contributed by atoms with van der Waals surface area (Å²) in [5, 5.41) is 0. The lowest BCUT2D eigenvalue weighted by Gasteiger charge is -2.48. The quantitative estimate of drug-likeness (QED) is 0.673. The normalized spacial score (nSPS) is 31.0. The predicted molar refractivity (Wildman–Crippen MR) is 106 cm³/mol. The highest BCUT2D eigenvalue weighted by molar-refractivity contribution is 5.66. The molecule has 4 unspecified atom stereocenters. The molecule has 2 aromatic carbocycles. The van der Waals surface area contributed by atoms with E-state index in [1.54, 1.807) is 0 Å². The summed E-state index contributed by atoms with van der Waals surface area (Å²) in [4.78, 5) is 11.8. The van der Waals surface area contributed by atoms with Crippen LogP contribution in [0.5, 0.6) is 0 Å². The number of esters is 1. The lowest BCUT2D eigenvalue weighted by Crippen LogP contribution is -2.63. The summed E-state index contributed by atoms with van der Waals surface area (Å²) in [6.45, 7) is 2.00. The van der Waals surface area contributed by atoms with Gasteiger partial charge in [0, 0.05) is 19.6 Å². The van der Waals surface area contributed by atoms with E-state index < -0.39 is 43.0 Å². The minimum Gasteiger partial charge on any atom is -0.454 e. The molecule has 160 valence electrons. The van der Waals surface area contributed by atoms with Crippen LogP contribution in [0, 0.1) is 0 Å². The Bertz CT molecular complexity index is 813. The number of fused-ring (bicyclic) bond motifs is 1. The molecule has 0 aliphatic carbocycles. The van der Waals surface area contributed by atoms with Crippen molar-refractivity contribution in [3.63, 3.8) is 0 Å². The standard InChI is InChI=1S/C23H26O7/c1-15(24)28-21-20(26-13-16-9-5-3-6-10-16)19-18(29-23(21)25-2)14-27-22(30-19)17-11-7-4-8-12-17/h3-12,18-23H,13-14H2,1-2H3/t18?,19?,20-,21+,22?,23?/m0/s1. The number of hydrogen-bond acceptors (Lipinski definition) is 7. The van der Waals surface area contributed by atoms with Gasteiger partial charge < -0.3 is 28.4 Å². The zero-order valence-corrected chi connectivity index (χ0v) is 17.0. The van der Waals surface area contributed by atoms with E-state index in [1.165, 1.54) is 14.0 Å². The number of ether oxygens (including phenoxy) is 6. The molecule has 4 rings (SSSR count). The van der Waals surface area contributed by atoms with Crippen LogP contribution in [0.25, 0.3) is 0 Å². The van der Waals surface area contributed by atoms with Crippen LogP contribution in [0.4, 0.5) is 0 Å². The number of hydrogen-bond donors (Lipinski definition) is 0. The number of rotatable bonds is 6. The Morgan fingerprint density at radius 3 is 2.37 bits per heavy atom. The zero-order valence-electron chi connectivity index (χ0n) is 17.0. The van der Waals surface area contributed by atoms with Crippen molar-refractivity contribution in [3.05, 3.63) is 71.8 Å². The first-order valence-corrected chi connectivity index (χ1v) is 9.98. The first kappa shape index (κ1) is 21.0. The van der Waals surface area contributed by atoms with Gasteiger partial charge in [-0.25, -0.2) is 0 Å². The van der Waals surface area contributed by atoms with Gasteiger partial charge >= 0.3 is 5.97 Å². The lowest BCUT2D eigenvalue weighted by atomic mass is 9.97. The van der Waals surface area contributed by atoms with E-state index in [2.05, 4.69) is 0 Å². The third-order valence-electron chi connectivity index (χ3n) is 5.18. The smallest absolute Gasteiger partial charge is 0.303 e. The molecule has 0 N–H and O–H groups in total. The summed E-state index contributed by atoms with van der Waals surface area (Å²) in [5.74, 6) is -0.441. The first-order valence-electron chi connectivity index (χ1n) is 9.98. The van der Waals surface area contributed by atoms with Gasteiger partial charge in [0.1, 0.15) is 18.3 Å². The molecule has 2 fully saturated rings. The van der Waals surface area contributed by atoms with E-state index in [0.717, 1.165) is 11.1 Å². The minimum absolute atomic E-state index is 0.308. The summed E-state index contributed by atoms with van der Waals surface area (Å²) in [5.41, 5.74) is 1.90. The minimum atomic E-state index is -0.781. The fraction of sp³-hybridized carbons (Fsp3) is 0.435. The Labute approximate surface area is 175 Å². The Morgan fingerprint density at radius 2 is 1.70 bits per heavy atom. The van der Waals surface area contributed by atoms with Crippen molar-refractivity contribution in [2.75, 3.05) is 13.7 Å². The van der Waals surface area contributed by atoms with Crippen LogP contribution in [0.2, 0.25) is 0 Å². The highest BCUT2D eigenvalue weighted by Crippen LogP contribution is 2.36. The van der Waals surface area contributed by atoms with Gasteiger partial charge in [0.05, 0.1) is 13.2 Å². The van der Waals surface area contributed by atoms with Gasteiger partial charge in [0.15, 0.2) is 18.7 Å². The fourth-order valence-electron chi connectivity index (χ4n) is 3.79. The number of carbonyl (C=O) groups is 1. The second-order valence-electron chi connectivity index (χ2n) is 7.29. The van der Waals surface area contributed by atoms with Crippen LogP contribution in [0.3, 0.4) is 0 Å². The number of methoxy groups -OCH3 is 1. The van der Waals surface area contributed by atoms with Crippen LogP contribution in [0.15, 0.2) is 60.7 Å². The Hall–Kier alpha value is -2.29. The van der Waals surface area contributed by atoms with E-state index in [1.807, 2.05) is 60.7 Å². The summed E-state index contributed by atoms with van der Waals surface area (Å²) < 4.78 is 35.4. The maximum atomic E-state index is 11.8. The monoisotopic (exact) mass is 414 g/mol. The molecule has 0 spiro atoms. The predicted octanol–water partition coefficient (Wildman–Crippen LogP) is 2.99. The fourth-order valence-corrected chi connectivity index (χ4v) is 3.79.